The van der Waals surface area contributed by atoms with Crippen LogP contribution in [0.25, 0.3) is 21.8 Å². The van der Waals surface area contributed by atoms with E-state index in [4.69, 9.17) is 4.74 Å². The van der Waals surface area contributed by atoms with Gasteiger partial charge in [-0.25, -0.2) is 8.42 Å². The molecule has 1 atom stereocenters. The number of aromatic nitrogens is 1. The number of ether oxygens (including phenoxy) is 1. The third-order valence-corrected chi connectivity index (χ3v) is 7.08. The van der Waals surface area contributed by atoms with Crippen molar-refractivity contribution in [2.24, 2.45) is 0 Å². The minimum Gasteiger partial charge on any atom is -0.494 e. The molecule has 8 heteroatoms. The van der Waals surface area contributed by atoms with Gasteiger partial charge in [-0.3, -0.25) is 4.79 Å². The van der Waals surface area contributed by atoms with Crippen LogP contribution >= 0.6 is 0 Å². The highest BCUT2D eigenvalue weighted by atomic mass is 32.2. The highest BCUT2D eigenvalue weighted by Crippen LogP contribution is 2.31. The van der Waals surface area contributed by atoms with Gasteiger partial charge in [0, 0.05) is 34.0 Å². The fourth-order valence-electron chi connectivity index (χ4n) is 3.96. The van der Waals surface area contributed by atoms with Crippen LogP contribution in [-0.4, -0.2) is 31.5 Å². The van der Waals surface area contributed by atoms with E-state index >= 15 is 0 Å². The second kappa shape index (κ2) is 9.25. The van der Waals surface area contributed by atoms with Crippen molar-refractivity contribution >= 4 is 43.4 Å². The molecule has 172 valence electrons. The number of nitrogens with one attached hydrogen (secondary N) is 2. The number of rotatable bonds is 8. The first-order valence-electron chi connectivity index (χ1n) is 10.9. The van der Waals surface area contributed by atoms with Gasteiger partial charge in [0.15, 0.2) is 0 Å². The zero-order valence-corrected chi connectivity index (χ0v) is 19.6. The molecule has 7 nitrogen and oxygen atoms in total. The number of carbonyl (C=O) groups is 1. The Morgan fingerprint density at radius 2 is 1.67 bits per heavy atom. The predicted octanol–water partition coefficient (Wildman–Crippen LogP) is 4.52. The molecule has 0 aliphatic heterocycles. The van der Waals surface area contributed by atoms with E-state index in [9.17, 15) is 13.2 Å². The van der Waals surface area contributed by atoms with Gasteiger partial charge < -0.3 is 14.6 Å². The number of nitrogens with zero attached hydrogens (tertiary/aromatic N) is 1. The molecule has 4 rings (SSSR count). The van der Waals surface area contributed by atoms with Crippen LogP contribution in [0.4, 0.5) is 5.69 Å². The molecular weight excluding hydrogens is 438 g/mol. The first-order valence-corrected chi connectivity index (χ1v) is 12.4. The Bertz CT molecular complexity index is 1410. The summed E-state index contributed by atoms with van der Waals surface area (Å²) in [6.45, 7) is 6.79. The van der Waals surface area contributed by atoms with Crippen molar-refractivity contribution in [3.05, 3.63) is 66.7 Å². The summed E-state index contributed by atoms with van der Waals surface area (Å²) in [5, 5.41) is 4.97. The Morgan fingerprint density at radius 3 is 2.36 bits per heavy atom. The molecule has 1 amide bonds. The standard InChI is InChI=1S/C25H27N3O4S/c1-4-28-23-9-7-6-8-21(23)22-16-18(10-15-24(22)28)26-25(29)17(3)27-33(30,31)20-13-11-19(12-14-20)32-5-2/h6-17,27H,4-5H2,1-3H3,(H,26,29)/t17-/m1/s1. The van der Waals surface area contributed by atoms with Gasteiger partial charge in [0.05, 0.1) is 17.5 Å². The van der Waals surface area contributed by atoms with E-state index < -0.39 is 22.0 Å². The van der Waals surface area contributed by atoms with Crippen molar-refractivity contribution in [2.45, 2.75) is 38.3 Å². The maximum atomic E-state index is 12.8. The smallest absolute Gasteiger partial charge is 0.242 e. The molecule has 1 aromatic heterocycles. The highest BCUT2D eigenvalue weighted by molar-refractivity contribution is 7.89. The van der Waals surface area contributed by atoms with E-state index in [-0.39, 0.29) is 4.90 Å². The molecule has 0 radical (unpaired) electrons. The lowest BCUT2D eigenvalue weighted by molar-refractivity contribution is -0.117. The predicted molar refractivity (Wildman–Crippen MR) is 131 cm³/mol. The number of fused-ring (bicyclic) bond motifs is 3. The van der Waals surface area contributed by atoms with E-state index in [2.05, 4.69) is 33.7 Å². The molecule has 0 fully saturated rings. The Kier molecular flexibility index (Phi) is 6.40. The molecule has 0 unspecified atom stereocenters. The van der Waals surface area contributed by atoms with Crippen LogP contribution in [0.3, 0.4) is 0 Å². The molecule has 33 heavy (non-hydrogen) atoms. The number of aryl methyl sites for hydroxylation is 1. The molecule has 0 aliphatic rings. The van der Waals surface area contributed by atoms with E-state index in [1.54, 1.807) is 12.1 Å². The van der Waals surface area contributed by atoms with Crippen LogP contribution in [0.1, 0.15) is 20.8 Å². The van der Waals surface area contributed by atoms with Gasteiger partial charge in [0.2, 0.25) is 15.9 Å². The van der Waals surface area contributed by atoms with Crippen molar-refractivity contribution < 1.29 is 17.9 Å². The number of hydrogen-bond acceptors (Lipinski definition) is 4. The van der Waals surface area contributed by atoms with Crippen molar-refractivity contribution in [3.8, 4) is 5.75 Å². The molecule has 3 aromatic carbocycles. The molecule has 0 spiro atoms. The third kappa shape index (κ3) is 4.58. The Balaban J connectivity index is 1.52. The van der Waals surface area contributed by atoms with Crippen LogP contribution in [0.5, 0.6) is 5.75 Å². The Morgan fingerprint density at radius 1 is 0.970 bits per heavy atom. The van der Waals surface area contributed by atoms with Gasteiger partial charge >= 0.3 is 0 Å². The van der Waals surface area contributed by atoms with Crippen molar-refractivity contribution in [2.75, 3.05) is 11.9 Å². The largest absolute Gasteiger partial charge is 0.494 e. The van der Waals surface area contributed by atoms with Crippen LogP contribution in [-0.2, 0) is 21.4 Å². The van der Waals surface area contributed by atoms with E-state index in [1.165, 1.54) is 19.1 Å². The van der Waals surface area contributed by atoms with Crippen LogP contribution in [0.15, 0.2) is 71.6 Å². The minimum absolute atomic E-state index is 0.0689. The molecular formula is C25H27N3O4S. The Hall–Kier alpha value is -3.36. The number of para-hydroxylation sites is 1. The number of benzene rings is 3. The number of anilines is 1. The first kappa shape index (κ1) is 22.8. The summed E-state index contributed by atoms with van der Waals surface area (Å²) in [7, 11) is -3.86. The maximum Gasteiger partial charge on any atom is 0.242 e. The Labute approximate surface area is 193 Å². The minimum atomic E-state index is -3.86. The van der Waals surface area contributed by atoms with E-state index in [1.807, 2.05) is 37.3 Å². The lowest BCUT2D eigenvalue weighted by Gasteiger charge is -2.15. The second-order valence-corrected chi connectivity index (χ2v) is 9.44. The average Bonchev–Trinajstić information content (AvgIpc) is 3.12. The van der Waals surface area contributed by atoms with Crippen molar-refractivity contribution in [3.63, 3.8) is 0 Å². The number of hydrogen-bond donors (Lipinski definition) is 2. The summed E-state index contributed by atoms with van der Waals surface area (Å²) in [5.41, 5.74) is 2.83. The van der Waals surface area contributed by atoms with Crippen molar-refractivity contribution in [1.29, 1.82) is 0 Å². The van der Waals surface area contributed by atoms with Crippen LogP contribution < -0.4 is 14.8 Å². The molecule has 0 bridgehead atoms. The number of carbonyl (C=O) groups excluding carboxylic acids is 1. The maximum absolute atomic E-state index is 12.8. The van der Waals surface area contributed by atoms with Gasteiger partial charge in [-0.05, 0) is 69.3 Å². The number of amides is 1. The van der Waals surface area contributed by atoms with Gasteiger partial charge in [0.25, 0.3) is 0 Å². The summed E-state index contributed by atoms with van der Waals surface area (Å²) in [6, 6.07) is 19.0. The lowest BCUT2D eigenvalue weighted by Crippen LogP contribution is -2.41. The van der Waals surface area contributed by atoms with Crippen LogP contribution in [0.2, 0.25) is 0 Å². The monoisotopic (exact) mass is 465 g/mol. The quantitative estimate of drug-likeness (QED) is 0.400. The van der Waals surface area contributed by atoms with E-state index in [0.29, 0.717) is 18.0 Å². The summed E-state index contributed by atoms with van der Waals surface area (Å²) in [5.74, 6) is 0.144. The first-order chi connectivity index (χ1) is 15.8. The normalized spacial score (nSPS) is 12.7. The highest BCUT2D eigenvalue weighted by Gasteiger charge is 2.22. The van der Waals surface area contributed by atoms with Gasteiger partial charge in [-0.2, -0.15) is 4.72 Å². The van der Waals surface area contributed by atoms with Gasteiger partial charge in [-0.1, -0.05) is 18.2 Å². The fraction of sp³-hybridized carbons (Fsp3) is 0.240. The summed E-state index contributed by atoms with van der Waals surface area (Å²) < 4.78 is 35.4. The van der Waals surface area contributed by atoms with Gasteiger partial charge in [0.1, 0.15) is 5.75 Å². The SMILES string of the molecule is CCOc1ccc(S(=O)(=O)N[C@H](C)C(=O)Nc2ccc3c(c2)c2ccccc2n3CC)cc1. The van der Waals surface area contributed by atoms with Gasteiger partial charge in [-0.15, -0.1) is 0 Å². The number of sulfonamides is 1. The molecule has 0 aliphatic carbocycles. The van der Waals surface area contributed by atoms with Crippen molar-refractivity contribution in [1.82, 2.24) is 9.29 Å². The summed E-state index contributed by atoms with van der Waals surface area (Å²) in [6.07, 6.45) is 0. The van der Waals surface area contributed by atoms with E-state index in [0.717, 1.165) is 28.4 Å². The average molecular weight is 466 g/mol. The zero-order valence-electron chi connectivity index (χ0n) is 18.8. The topological polar surface area (TPSA) is 89.4 Å². The summed E-state index contributed by atoms with van der Waals surface area (Å²) >= 11 is 0. The molecule has 1 heterocycles. The third-order valence-electron chi connectivity index (χ3n) is 5.53. The molecule has 0 saturated heterocycles. The summed E-state index contributed by atoms with van der Waals surface area (Å²) in [4.78, 5) is 12.8. The molecule has 0 saturated carbocycles. The second-order valence-electron chi connectivity index (χ2n) is 7.73. The molecule has 2 N–H and O–H groups in total. The lowest BCUT2D eigenvalue weighted by atomic mass is 10.1. The van der Waals surface area contributed by atoms with Crippen LogP contribution in [0, 0.1) is 0 Å². The zero-order chi connectivity index (χ0) is 23.6. The fourth-order valence-corrected chi connectivity index (χ4v) is 5.16. The molecule has 4 aromatic rings.